The molecule has 4 rings (SSSR count). The minimum Gasteiger partial charge on any atom is -0.480 e. The highest BCUT2D eigenvalue weighted by Crippen LogP contribution is 2.32. The predicted molar refractivity (Wildman–Crippen MR) is 154 cm³/mol. The number of carbonyl (C=O) groups is 1. The fourth-order valence-electron chi connectivity index (χ4n) is 5.10. The maximum atomic E-state index is 13.2. The molecule has 0 unspecified atom stereocenters. The molecule has 0 saturated heterocycles. The number of sulfone groups is 1. The van der Waals surface area contributed by atoms with Gasteiger partial charge in [-0.1, -0.05) is 48.0 Å². The zero-order chi connectivity index (χ0) is 30.8. The molecule has 10 heteroatoms. The summed E-state index contributed by atoms with van der Waals surface area (Å²) >= 11 is 0. The van der Waals surface area contributed by atoms with Crippen LogP contribution in [0.1, 0.15) is 44.9 Å². The van der Waals surface area contributed by atoms with Crippen molar-refractivity contribution >= 4 is 15.8 Å². The Hall–Kier alpha value is -3.89. The third-order valence-electron chi connectivity index (χ3n) is 7.12. The van der Waals surface area contributed by atoms with Crippen LogP contribution in [0.25, 0.3) is 11.1 Å². The van der Waals surface area contributed by atoms with Crippen molar-refractivity contribution in [1.29, 1.82) is 0 Å². The summed E-state index contributed by atoms with van der Waals surface area (Å²) in [6, 6.07) is 18.3. The molecule has 222 valence electrons. The Bertz CT molecular complexity index is 1700. The molecule has 0 spiro atoms. The van der Waals surface area contributed by atoms with Crippen molar-refractivity contribution < 1.29 is 35.9 Å². The number of hydrogen-bond acceptors (Lipinski definition) is 5. The van der Waals surface area contributed by atoms with Gasteiger partial charge in [0.25, 0.3) is 0 Å². The lowest BCUT2D eigenvalue weighted by atomic mass is 9.98. The number of halogens is 3. The second kappa shape index (κ2) is 12.1. The summed E-state index contributed by atoms with van der Waals surface area (Å²) in [5, 5.41) is 8.96. The zero-order valence-corrected chi connectivity index (χ0v) is 24.6. The highest BCUT2D eigenvalue weighted by Gasteiger charge is 2.35. The van der Waals surface area contributed by atoms with Crippen molar-refractivity contribution in [3.05, 3.63) is 112 Å². The lowest BCUT2D eigenvalue weighted by Gasteiger charge is -2.25. The molecule has 1 aromatic heterocycles. The van der Waals surface area contributed by atoms with E-state index in [1.165, 1.54) is 18.2 Å². The Morgan fingerprint density at radius 2 is 1.50 bits per heavy atom. The first-order valence-electron chi connectivity index (χ1n) is 13.2. The molecule has 0 atom stereocenters. The average molecular weight is 600 g/mol. The van der Waals surface area contributed by atoms with Crippen LogP contribution in [-0.2, 0) is 40.4 Å². The summed E-state index contributed by atoms with van der Waals surface area (Å²) in [6.07, 6.45) is -4.57. The largest absolute Gasteiger partial charge is 0.480 e. The van der Waals surface area contributed by atoms with Gasteiger partial charge in [-0.15, -0.1) is 0 Å². The van der Waals surface area contributed by atoms with Gasteiger partial charge < -0.3 is 9.52 Å². The van der Waals surface area contributed by atoms with Crippen LogP contribution in [0.15, 0.2) is 76.0 Å². The highest BCUT2D eigenvalue weighted by molar-refractivity contribution is 7.92. The van der Waals surface area contributed by atoms with E-state index in [1.807, 2.05) is 50.8 Å². The molecule has 0 fully saturated rings. The number of aliphatic carboxylic acids is 1. The molecule has 0 radical (unpaired) electrons. The second-order valence-electron chi connectivity index (χ2n) is 10.6. The van der Waals surface area contributed by atoms with Crippen LogP contribution in [0.5, 0.6) is 0 Å². The molecule has 0 bridgehead atoms. The number of aryl methyl sites for hydroxylation is 4. The van der Waals surface area contributed by atoms with Crippen LogP contribution >= 0.6 is 0 Å². The number of carboxylic acids is 1. The summed E-state index contributed by atoms with van der Waals surface area (Å²) in [7, 11) is -3.99. The van der Waals surface area contributed by atoms with Gasteiger partial charge in [0.05, 0.1) is 11.4 Å². The summed E-state index contributed by atoms with van der Waals surface area (Å²) in [4.78, 5) is 13.0. The number of rotatable bonds is 10. The maximum absolute atomic E-state index is 13.2. The van der Waals surface area contributed by atoms with Crippen LogP contribution in [-0.4, -0.2) is 30.1 Å². The van der Waals surface area contributed by atoms with Crippen molar-refractivity contribution in [3.8, 4) is 11.1 Å². The molecule has 4 aromatic rings. The van der Waals surface area contributed by atoms with E-state index in [1.54, 1.807) is 12.1 Å². The SMILES string of the molecule is Cc1cc(C)c(CN(Cc2ccc(C(F)(F)F)o2)Cc2ccc(-c3cccc(S(=O)(=O)CC(=O)O)c3)cc2C)c(C)c1. The monoisotopic (exact) mass is 599 g/mol. The van der Waals surface area contributed by atoms with Crippen molar-refractivity contribution in [2.45, 2.75) is 58.4 Å². The van der Waals surface area contributed by atoms with Crippen LogP contribution in [0.4, 0.5) is 13.2 Å². The molecule has 0 aliphatic heterocycles. The number of furan rings is 1. The molecular formula is C32H32F3NO5S. The summed E-state index contributed by atoms with van der Waals surface area (Å²) < 4.78 is 69.6. The Labute approximate surface area is 243 Å². The Morgan fingerprint density at radius 1 is 0.833 bits per heavy atom. The number of hydrogen-bond donors (Lipinski definition) is 1. The third-order valence-corrected chi connectivity index (χ3v) is 8.72. The molecule has 6 nitrogen and oxygen atoms in total. The molecule has 1 N–H and O–H groups in total. The van der Waals surface area contributed by atoms with Gasteiger partial charge in [0.15, 0.2) is 15.6 Å². The number of alkyl halides is 3. The van der Waals surface area contributed by atoms with Gasteiger partial charge in [-0.3, -0.25) is 9.69 Å². The standard InChI is InChI=1S/C32H32F3NO5S/c1-20-12-22(3)29(23(4)13-20)18-36(17-27-10-11-30(41-27)32(33,34)35)16-26-9-8-25(14-21(26)2)24-6-5-7-28(15-24)42(39,40)19-31(37)38/h5-15H,16-19H2,1-4H3,(H,37,38). The van der Waals surface area contributed by atoms with Gasteiger partial charge >= 0.3 is 12.1 Å². The van der Waals surface area contributed by atoms with Gasteiger partial charge in [-0.2, -0.15) is 13.2 Å². The van der Waals surface area contributed by atoms with Crippen molar-refractivity contribution in [1.82, 2.24) is 4.90 Å². The predicted octanol–water partition coefficient (Wildman–Crippen LogP) is 7.26. The molecule has 42 heavy (non-hydrogen) atoms. The van der Waals surface area contributed by atoms with Crippen LogP contribution < -0.4 is 0 Å². The Balaban J connectivity index is 1.64. The quantitative estimate of drug-likeness (QED) is 0.207. The van der Waals surface area contributed by atoms with E-state index in [0.29, 0.717) is 18.7 Å². The second-order valence-corrected chi connectivity index (χ2v) is 12.6. The lowest BCUT2D eigenvalue weighted by molar-refractivity contribution is -0.153. The number of benzene rings is 3. The first-order chi connectivity index (χ1) is 19.6. The van der Waals surface area contributed by atoms with Crippen LogP contribution in [0.2, 0.25) is 0 Å². The van der Waals surface area contributed by atoms with E-state index in [0.717, 1.165) is 45.0 Å². The molecule has 1 heterocycles. The summed E-state index contributed by atoms with van der Waals surface area (Å²) in [6.45, 7) is 9.05. The molecular weight excluding hydrogens is 567 g/mol. The summed E-state index contributed by atoms with van der Waals surface area (Å²) in [5.41, 5.74) is 7.64. The van der Waals surface area contributed by atoms with Crippen molar-refractivity contribution in [3.63, 3.8) is 0 Å². The molecule has 0 aliphatic carbocycles. The minimum atomic E-state index is -4.57. The van der Waals surface area contributed by atoms with Crippen LogP contribution in [0.3, 0.4) is 0 Å². The zero-order valence-electron chi connectivity index (χ0n) is 23.7. The van der Waals surface area contributed by atoms with Gasteiger partial charge in [0.2, 0.25) is 5.76 Å². The van der Waals surface area contributed by atoms with Gasteiger partial charge in [-0.05, 0) is 90.9 Å². The topological polar surface area (TPSA) is 87.8 Å². The smallest absolute Gasteiger partial charge is 0.449 e. The fraction of sp³-hybridized carbons (Fsp3) is 0.281. The summed E-state index contributed by atoms with van der Waals surface area (Å²) in [5.74, 6) is -3.25. The number of carboxylic acid groups (broad SMARTS) is 1. The number of nitrogens with zero attached hydrogens (tertiary/aromatic N) is 1. The highest BCUT2D eigenvalue weighted by atomic mass is 32.2. The van der Waals surface area contributed by atoms with E-state index in [-0.39, 0.29) is 17.2 Å². The van der Waals surface area contributed by atoms with Crippen molar-refractivity contribution in [2.75, 3.05) is 5.75 Å². The van der Waals surface area contributed by atoms with E-state index in [4.69, 9.17) is 9.52 Å². The van der Waals surface area contributed by atoms with Crippen LogP contribution in [0, 0.1) is 27.7 Å². The molecule has 0 amide bonds. The van der Waals surface area contributed by atoms with E-state index in [9.17, 15) is 26.4 Å². The third kappa shape index (κ3) is 7.49. The average Bonchev–Trinajstić information content (AvgIpc) is 3.36. The molecule has 3 aromatic carbocycles. The molecule has 0 aliphatic rings. The first kappa shape index (κ1) is 31.1. The first-order valence-corrected chi connectivity index (χ1v) is 14.9. The van der Waals surface area contributed by atoms with Gasteiger partial charge in [-0.25, -0.2) is 8.42 Å². The van der Waals surface area contributed by atoms with Gasteiger partial charge in [0, 0.05) is 13.1 Å². The van der Waals surface area contributed by atoms with E-state index in [2.05, 4.69) is 12.1 Å². The van der Waals surface area contributed by atoms with Crippen molar-refractivity contribution in [2.24, 2.45) is 0 Å². The van der Waals surface area contributed by atoms with E-state index < -0.39 is 33.5 Å². The minimum absolute atomic E-state index is 0.0733. The maximum Gasteiger partial charge on any atom is 0.449 e. The fourth-order valence-corrected chi connectivity index (χ4v) is 6.18. The van der Waals surface area contributed by atoms with E-state index >= 15 is 0 Å². The van der Waals surface area contributed by atoms with Gasteiger partial charge in [0.1, 0.15) is 5.76 Å². The Morgan fingerprint density at radius 3 is 2.10 bits per heavy atom. The normalized spacial score (nSPS) is 12.2. The molecule has 0 saturated carbocycles. The Kier molecular flexibility index (Phi) is 8.98. The lowest BCUT2D eigenvalue weighted by Crippen LogP contribution is -2.23.